The summed E-state index contributed by atoms with van der Waals surface area (Å²) in [5.74, 6) is 3.55. The molecule has 0 radical (unpaired) electrons. The van der Waals surface area contributed by atoms with Crippen LogP contribution in [0.3, 0.4) is 0 Å². The van der Waals surface area contributed by atoms with Crippen molar-refractivity contribution in [2.45, 2.75) is 25.7 Å². The lowest BCUT2D eigenvalue weighted by Gasteiger charge is -2.17. The van der Waals surface area contributed by atoms with E-state index in [4.69, 9.17) is 26.2 Å². The molecule has 0 spiro atoms. The highest BCUT2D eigenvalue weighted by atomic mass is 35.5. The van der Waals surface area contributed by atoms with Gasteiger partial charge in [0.2, 0.25) is 5.95 Å². The second kappa shape index (κ2) is 11.8. The molecule has 3 aromatic rings. The molecule has 0 unspecified atom stereocenters. The zero-order chi connectivity index (χ0) is 22.1. The maximum atomic E-state index is 9.15. The predicted molar refractivity (Wildman–Crippen MR) is 126 cm³/mol. The number of halogens is 1. The number of anilines is 1. The number of ether oxygens (including phenoxy) is 2. The number of rotatable bonds is 12. The Kier molecular flexibility index (Phi) is 8.87. The van der Waals surface area contributed by atoms with E-state index in [0.29, 0.717) is 30.3 Å². The van der Waals surface area contributed by atoms with Crippen LogP contribution >= 0.6 is 23.5 Å². The highest BCUT2D eigenvalue weighted by Gasteiger charge is 2.21. The SMILES string of the molecule is COc1cccc(OC)c1-n1c(CCCCO)nnc1NSCCc1ccc(Cl)cc1. The fourth-order valence-corrected chi connectivity index (χ4v) is 3.99. The van der Waals surface area contributed by atoms with Gasteiger partial charge < -0.3 is 14.6 Å². The Bertz CT molecular complexity index is 944. The van der Waals surface area contributed by atoms with Crippen LogP contribution in [0.1, 0.15) is 24.2 Å². The van der Waals surface area contributed by atoms with E-state index in [1.807, 2.05) is 47.0 Å². The Morgan fingerprint density at radius 3 is 2.35 bits per heavy atom. The molecule has 0 aliphatic heterocycles. The zero-order valence-electron chi connectivity index (χ0n) is 17.7. The van der Waals surface area contributed by atoms with Gasteiger partial charge in [-0.05, 0) is 61.0 Å². The summed E-state index contributed by atoms with van der Waals surface area (Å²) in [6.07, 6.45) is 3.07. The van der Waals surface area contributed by atoms with Gasteiger partial charge >= 0.3 is 0 Å². The molecule has 0 fully saturated rings. The number of nitrogens with zero attached hydrogens (tertiary/aromatic N) is 3. The summed E-state index contributed by atoms with van der Waals surface area (Å²) in [7, 11) is 3.25. The van der Waals surface area contributed by atoms with Crippen LogP contribution in [0, 0.1) is 0 Å². The molecule has 0 atom stereocenters. The summed E-state index contributed by atoms with van der Waals surface area (Å²) in [5, 5.41) is 18.6. The monoisotopic (exact) mass is 462 g/mol. The van der Waals surface area contributed by atoms with E-state index in [2.05, 4.69) is 14.9 Å². The fraction of sp³-hybridized carbons (Fsp3) is 0.364. The van der Waals surface area contributed by atoms with E-state index in [9.17, 15) is 0 Å². The van der Waals surface area contributed by atoms with Gasteiger partial charge in [-0.15, -0.1) is 10.2 Å². The quantitative estimate of drug-likeness (QED) is 0.301. The third-order valence-corrected chi connectivity index (χ3v) is 5.72. The van der Waals surface area contributed by atoms with E-state index < -0.39 is 0 Å². The zero-order valence-corrected chi connectivity index (χ0v) is 19.2. The molecule has 0 aliphatic rings. The summed E-state index contributed by atoms with van der Waals surface area (Å²) in [4.78, 5) is 0. The normalized spacial score (nSPS) is 10.8. The van der Waals surface area contributed by atoms with Crippen molar-refractivity contribution in [1.29, 1.82) is 0 Å². The molecule has 2 N–H and O–H groups in total. The number of para-hydroxylation sites is 1. The maximum absolute atomic E-state index is 9.15. The molecule has 1 aromatic heterocycles. The first-order valence-corrected chi connectivity index (χ1v) is 11.4. The minimum atomic E-state index is 0.151. The van der Waals surface area contributed by atoms with Crippen molar-refractivity contribution in [2.75, 3.05) is 31.3 Å². The number of aliphatic hydroxyl groups is 1. The molecule has 0 aliphatic carbocycles. The molecule has 166 valence electrons. The Morgan fingerprint density at radius 2 is 1.71 bits per heavy atom. The van der Waals surface area contributed by atoms with Crippen LogP contribution in [-0.4, -0.2) is 46.5 Å². The molecule has 7 nitrogen and oxygen atoms in total. The number of hydrogen-bond acceptors (Lipinski definition) is 7. The van der Waals surface area contributed by atoms with E-state index in [0.717, 1.165) is 35.1 Å². The van der Waals surface area contributed by atoms with Crippen molar-refractivity contribution in [3.05, 3.63) is 58.9 Å². The standard InChI is InChI=1S/C22H27ClN4O3S/c1-29-18-6-5-7-19(30-2)21(18)27-20(8-3-4-14-28)24-25-22(27)26-31-15-13-16-9-11-17(23)12-10-16/h5-7,9-12,28H,3-4,8,13-15H2,1-2H3,(H,25,26). The summed E-state index contributed by atoms with van der Waals surface area (Å²) >= 11 is 7.51. The molecule has 0 saturated carbocycles. The van der Waals surface area contributed by atoms with Crippen LogP contribution in [0.15, 0.2) is 42.5 Å². The summed E-state index contributed by atoms with van der Waals surface area (Å²) in [6, 6.07) is 13.5. The van der Waals surface area contributed by atoms with Crippen molar-refractivity contribution in [3.8, 4) is 17.2 Å². The van der Waals surface area contributed by atoms with Gasteiger partial charge in [0.15, 0.2) is 0 Å². The molecule has 9 heteroatoms. The predicted octanol–water partition coefficient (Wildman–Crippen LogP) is 4.56. The van der Waals surface area contributed by atoms with Gasteiger partial charge in [-0.1, -0.05) is 29.8 Å². The van der Waals surface area contributed by atoms with Gasteiger partial charge in [-0.3, -0.25) is 9.29 Å². The highest BCUT2D eigenvalue weighted by molar-refractivity contribution is 8.00. The molecule has 0 bridgehead atoms. The van der Waals surface area contributed by atoms with Crippen LogP contribution in [0.2, 0.25) is 5.02 Å². The number of aryl methyl sites for hydroxylation is 2. The third kappa shape index (κ3) is 6.06. The average Bonchev–Trinajstić information content (AvgIpc) is 3.19. The van der Waals surface area contributed by atoms with E-state index in [1.54, 1.807) is 26.2 Å². The number of benzene rings is 2. The minimum Gasteiger partial charge on any atom is -0.494 e. The molecular formula is C22H27ClN4O3S. The average molecular weight is 463 g/mol. The number of methoxy groups -OCH3 is 2. The van der Waals surface area contributed by atoms with Crippen LogP contribution in [0.25, 0.3) is 5.69 Å². The number of aliphatic hydroxyl groups excluding tert-OH is 1. The second-order valence-electron chi connectivity index (χ2n) is 6.79. The fourth-order valence-electron chi connectivity index (χ4n) is 3.16. The van der Waals surface area contributed by atoms with Gasteiger partial charge in [0, 0.05) is 23.8 Å². The molecule has 31 heavy (non-hydrogen) atoms. The van der Waals surface area contributed by atoms with Crippen molar-refractivity contribution in [2.24, 2.45) is 0 Å². The lowest BCUT2D eigenvalue weighted by Crippen LogP contribution is -2.09. The van der Waals surface area contributed by atoms with Gasteiger partial charge in [-0.2, -0.15) is 0 Å². The van der Waals surface area contributed by atoms with Crippen molar-refractivity contribution in [1.82, 2.24) is 14.8 Å². The Morgan fingerprint density at radius 1 is 1.00 bits per heavy atom. The van der Waals surface area contributed by atoms with Crippen LogP contribution < -0.4 is 14.2 Å². The molecule has 3 rings (SSSR count). The first kappa shape index (κ1) is 23.2. The summed E-state index contributed by atoms with van der Waals surface area (Å²) in [5.41, 5.74) is 1.97. The van der Waals surface area contributed by atoms with Crippen molar-refractivity contribution in [3.63, 3.8) is 0 Å². The van der Waals surface area contributed by atoms with Crippen LogP contribution in [0.4, 0.5) is 5.95 Å². The number of aromatic nitrogens is 3. The smallest absolute Gasteiger partial charge is 0.239 e. The molecule has 0 amide bonds. The highest BCUT2D eigenvalue weighted by Crippen LogP contribution is 2.35. The summed E-state index contributed by atoms with van der Waals surface area (Å²) in [6.45, 7) is 0.151. The molecule has 0 saturated heterocycles. The van der Waals surface area contributed by atoms with E-state index >= 15 is 0 Å². The molecular weight excluding hydrogens is 436 g/mol. The lowest BCUT2D eigenvalue weighted by molar-refractivity contribution is 0.284. The Balaban J connectivity index is 1.81. The van der Waals surface area contributed by atoms with Crippen LogP contribution in [0.5, 0.6) is 11.5 Å². The topological polar surface area (TPSA) is 81.4 Å². The Labute approximate surface area is 191 Å². The number of nitrogens with one attached hydrogen (secondary N) is 1. The summed E-state index contributed by atoms with van der Waals surface area (Å²) < 4.78 is 16.5. The van der Waals surface area contributed by atoms with Crippen molar-refractivity contribution >= 4 is 29.5 Å². The Hall–Kier alpha value is -2.42. The first-order chi connectivity index (χ1) is 15.2. The van der Waals surface area contributed by atoms with E-state index in [1.165, 1.54) is 5.56 Å². The maximum Gasteiger partial charge on any atom is 0.239 e. The minimum absolute atomic E-state index is 0.151. The number of unbranched alkanes of at least 4 members (excludes halogenated alkanes) is 1. The second-order valence-corrected chi connectivity index (χ2v) is 8.13. The van der Waals surface area contributed by atoms with Crippen molar-refractivity contribution < 1.29 is 14.6 Å². The van der Waals surface area contributed by atoms with Crippen LogP contribution in [-0.2, 0) is 12.8 Å². The van der Waals surface area contributed by atoms with E-state index in [-0.39, 0.29) is 6.61 Å². The van der Waals surface area contributed by atoms with Gasteiger partial charge in [-0.25, -0.2) is 0 Å². The number of hydrogen-bond donors (Lipinski definition) is 2. The largest absolute Gasteiger partial charge is 0.494 e. The molecule has 2 aromatic carbocycles. The van der Waals surface area contributed by atoms with Gasteiger partial charge in [0.1, 0.15) is 23.0 Å². The first-order valence-electron chi connectivity index (χ1n) is 10.1. The van der Waals surface area contributed by atoms with Gasteiger partial charge in [0.05, 0.1) is 14.2 Å². The lowest BCUT2D eigenvalue weighted by atomic mass is 10.2. The third-order valence-electron chi connectivity index (χ3n) is 4.73. The molecule has 1 heterocycles. The van der Waals surface area contributed by atoms with Gasteiger partial charge in [0.25, 0.3) is 0 Å².